The Morgan fingerprint density at radius 2 is 1.62 bits per heavy atom. The SMILES string of the molecule is CCCCCCCCCCCCNC(=O)C1(C)CCCC2(C)c3ccc(C(C)C)cc3CCC12. The van der Waals surface area contributed by atoms with Crippen molar-refractivity contribution in [2.24, 2.45) is 11.3 Å². The van der Waals surface area contributed by atoms with Crippen molar-refractivity contribution in [3.05, 3.63) is 34.9 Å². The molecule has 1 amide bonds. The minimum absolute atomic E-state index is 0.130. The van der Waals surface area contributed by atoms with E-state index in [4.69, 9.17) is 0 Å². The molecular formula is C32H53NO. The highest BCUT2D eigenvalue weighted by molar-refractivity contribution is 5.83. The Morgan fingerprint density at radius 1 is 0.971 bits per heavy atom. The molecule has 3 atom stereocenters. The van der Waals surface area contributed by atoms with Gasteiger partial charge in [0, 0.05) is 6.54 Å². The summed E-state index contributed by atoms with van der Waals surface area (Å²) in [7, 11) is 0. The first-order valence-electron chi connectivity index (χ1n) is 14.7. The van der Waals surface area contributed by atoms with Crippen molar-refractivity contribution in [1.29, 1.82) is 0 Å². The second kappa shape index (κ2) is 12.6. The molecule has 0 radical (unpaired) electrons. The first kappa shape index (κ1) is 27.3. The lowest BCUT2D eigenvalue weighted by Gasteiger charge is -2.54. The third-order valence-electron chi connectivity index (χ3n) is 9.38. The van der Waals surface area contributed by atoms with E-state index in [1.54, 1.807) is 5.56 Å². The van der Waals surface area contributed by atoms with Gasteiger partial charge in [0.2, 0.25) is 5.91 Å². The van der Waals surface area contributed by atoms with Gasteiger partial charge in [-0.3, -0.25) is 4.79 Å². The van der Waals surface area contributed by atoms with Crippen LogP contribution in [0.5, 0.6) is 0 Å². The molecule has 0 spiro atoms. The first-order valence-corrected chi connectivity index (χ1v) is 14.7. The number of amides is 1. The zero-order chi connectivity index (χ0) is 24.6. The molecule has 0 bridgehead atoms. The summed E-state index contributed by atoms with van der Waals surface area (Å²) in [6.07, 6.45) is 19.0. The number of rotatable bonds is 13. The van der Waals surface area contributed by atoms with Gasteiger partial charge in [-0.1, -0.05) is 117 Å². The van der Waals surface area contributed by atoms with Crippen LogP contribution in [0.3, 0.4) is 0 Å². The largest absolute Gasteiger partial charge is 0.356 e. The van der Waals surface area contributed by atoms with Crippen LogP contribution in [0.4, 0.5) is 0 Å². The van der Waals surface area contributed by atoms with Gasteiger partial charge in [-0.05, 0) is 66.0 Å². The summed E-state index contributed by atoms with van der Waals surface area (Å²) in [5.41, 5.74) is 4.42. The Kier molecular flexibility index (Phi) is 10.1. The predicted octanol–water partition coefficient (Wildman–Crippen LogP) is 8.86. The third kappa shape index (κ3) is 6.27. The lowest BCUT2D eigenvalue weighted by molar-refractivity contribution is -0.139. The maximum absolute atomic E-state index is 13.5. The maximum Gasteiger partial charge on any atom is 0.226 e. The van der Waals surface area contributed by atoms with Crippen LogP contribution >= 0.6 is 0 Å². The number of aryl methyl sites for hydroxylation is 1. The number of benzene rings is 1. The van der Waals surface area contributed by atoms with Gasteiger partial charge in [0.1, 0.15) is 0 Å². The van der Waals surface area contributed by atoms with Crippen LogP contribution in [0.1, 0.15) is 147 Å². The molecule has 2 aliphatic carbocycles. The zero-order valence-electron chi connectivity index (χ0n) is 23.1. The van der Waals surface area contributed by atoms with Crippen molar-refractivity contribution in [3.63, 3.8) is 0 Å². The summed E-state index contributed by atoms with van der Waals surface area (Å²) in [6, 6.07) is 7.21. The normalized spacial score (nSPS) is 26.2. The minimum Gasteiger partial charge on any atom is -0.356 e. The molecule has 2 nitrogen and oxygen atoms in total. The van der Waals surface area contributed by atoms with Gasteiger partial charge in [-0.15, -0.1) is 0 Å². The van der Waals surface area contributed by atoms with Crippen molar-refractivity contribution in [2.45, 2.75) is 142 Å². The molecule has 1 N–H and O–H groups in total. The number of carbonyl (C=O) groups is 1. The lowest BCUT2D eigenvalue weighted by Crippen LogP contribution is -2.55. The van der Waals surface area contributed by atoms with Gasteiger partial charge >= 0.3 is 0 Å². The molecule has 1 fully saturated rings. The average molecular weight is 468 g/mol. The average Bonchev–Trinajstić information content (AvgIpc) is 2.82. The molecule has 34 heavy (non-hydrogen) atoms. The van der Waals surface area contributed by atoms with Gasteiger partial charge in [0.05, 0.1) is 5.41 Å². The van der Waals surface area contributed by atoms with Gasteiger partial charge < -0.3 is 5.32 Å². The summed E-state index contributed by atoms with van der Waals surface area (Å²) in [5, 5.41) is 3.38. The molecule has 1 aromatic carbocycles. The van der Waals surface area contributed by atoms with E-state index < -0.39 is 0 Å². The van der Waals surface area contributed by atoms with Gasteiger partial charge in [0.25, 0.3) is 0 Å². The number of carbonyl (C=O) groups excluding carboxylic acids is 1. The van der Waals surface area contributed by atoms with Crippen molar-refractivity contribution in [1.82, 2.24) is 5.32 Å². The fourth-order valence-corrected chi connectivity index (χ4v) is 7.16. The van der Waals surface area contributed by atoms with Crippen LogP contribution in [0, 0.1) is 11.3 Å². The number of hydrogen-bond donors (Lipinski definition) is 1. The van der Waals surface area contributed by atoms with E-state index >= 15 is 0 Å². The molecule has 2 aliphatic rings. The standard InChI is InChI=1S/C32H53NO/c1-6-7-8-9-10-11-12-13-14-15-23-33-30(34)32(5)22-16-21-31(4)28-19-17-26(25(2)3)24-27(28)18-20-29(31)32/h17,19,24-25,29H,6-16,18,20-23H2,1-5H3,(H,33,34). The monoisotopic (exact) mass is 467 g/mol. The Balaban J connectivity index is 1.49. The van der Waals surface area contributed by atoms with Crippen molar-refractivity contribution >= 4 is 5.91 Å². The van der Waals surface area contributed by atoms with Crippen LogP contribution in [-0.4, -0.2) is 12.5 Å². The Morgan fingerprint density at radius 3 is 2.26 bits per heavy atom. The van der Waals surface area contributed by atoms with E-state index in [0.29, 0.717) is 17.7 Å². The van der Waals surface area contributed by atoms with Crippen molar-refractivity contribution in [3.8, 4) is 0 Å². The summed E-state index contributed by atoms with van der Waals surface area (Å²) >= 11 is 0. The first-order chi connectivity index (χ1) is 16.3. The number of unbranched alkanes of at least 4 members (excludes halogenated alkanes) is 9. The van der Waals surface area contributed by atoms with Crippen molar-refractivity contribution < 1.29 is 4.79 Å². The van der Waals surface area contributed by atoms with Gasteiger partial charge in [-0.2, -0.15) is 0 Å². The summed E-state index contributed by atoms with van der Waals surface area (Å²) in [6.45, 7) is 12.4. The number of fused-ring (bicyclic) bond motifs is 3. The van der Waals surface area contributed by atoms with E-state index in [1.165, 1.54) is 75.3 Å². The fourth-order valence-electron chi connectivity index (χ4n) is 7.16. The molecule has 0 aromatic heterocycles. The van der Waals surface area contributed by atoms with Crippen LogP contribution in [0.2, 0.25) is 0 Å². The van der Waals surface area contributed by atoms with Crippen molar-refractivity contribution in [2.75, 3.05) is 6.54 Å². The number of nitrogens with one attached hydrogen (secondary N) is 1. The van der Waals surface area contributed by atoms with E-state index in [9.17, 15) is 4.79 Å². The second-order valence-electron chi connectivity index (χ2n) is 12.3. The van der Waals surface area contributed by atoms with Crippen LogP contribution < -0.4 is 5.32 Å². The second-order valence-corrected chi connectivity index (χ2v) is 12.3. The molecule has 0 saturated heterocycles. The van der Waals surface area contributed by atoms with Gasteiger partial charge in [0.15, 0.2) is 0 Å². The highest BCUT2D eigenvalue weighted by atomic mass is 16.2. The van der Waals surface area contributed by atoms with E-state index in [2.05, 4.69) is 58.1 Å². The van der Waals surface area contributed by atoms with Crippen LogP contribution in [-0.2, 0) is 16.6 Å². The Bertz CT molecular complexity index is 783. The minimum atomic E-state index is -0.236. The molecule has 1 aromatic rings. The third-order valence-corrected chi connectivity index (χ3v) is 9.38. The molecule has 1 saturated carbocycles. The zero-order valence-corrected chi connectivity index (χ0v) is 23.1. The summed E-state index contributed by atoms with van der Waals surface area (Å²) in [5.74, 6) is 1.34. The fraction of sp³-hybridized carbons (Fsp3) is 0.781. The predicted molar refractivity (Wildman–Crippen MR) is 147 cm³/mol. The lowest BCUT2D eigenvalue weighted by atomic mass is 9.49. The maximum atomic E-state index is 13.5. The van der Waals surface area contributed by atoms with Crippen LogP contribution in [0.15, 0.2) is 18.2 Å². The highest BCUT2D eigenvalue weighted by Crippen LogP contribution is 2.57. The molecule has 3 rings (SSSR count). The molecule has 0 heterocycles. The molecule has 192 valence electrons. The highest BCUT2D eigenvalue weighted by Gasteiger charge is 2.54. The molecule has 0 aliphatic heterocycles. The summed E-state index contributed by atoms with van der Waals surface area (Å²) < 4.78 is 0. The van der Waals surface area contributed by atoms with Gasteiger partial charge in [-0.25, -0.2) is 0 Å². The number of hydrogen-bond acceptors (Lipinski definition) is 1. The molecular weight excluding hydrogens is 414 g/mol. The molecule has 3 unspecified atom stereocenters. The topological polar surface area (TPSA) is 29.1 Å². The Labute approximate surface area is 211 Å². The van der Waals surface area contributed by atoms with E-state index in [-0.39, 0.29) is 10.8 Å². The molecule has 2 heteroatoms. The summed E-state index contributed by atoms with van der Waals surface area (Å²) in [4.78, 5) is 13.5. The van der Waals surface area contributed by atoms with E-state index in [0.717, 1.165) is 38.6 Å². The Hall–Kier alpha value is -1.31. The smallest absolute Gasteiger partial charge is 0.226 e. The van der Waals surface area contributed by atoms with Crippen LogP contribution in [0.25, 0.3) is 0 Å². The quantitative estimate of drug-likeness (QED) is 0.288. The van der Waals surface area contributed by atoms with E-state index in [1.807, 2.05) is 0 Å².